The van der Waals surface area contributed by atoms with E-state index in [0.29, 0.717) is 10.6 Å². The van der Waals surface area contributed by atoms with Gasteiger partial charge in [-0.15, -0.1) is 0 Å². The Morgan fingerprint density at radius 2 is 1.90 bits per heavy atom. The van der Waals surface area contributed by atoms with Gasteiger partial charge in [-0.3, -0.25) is 9.00 Å². The van der Waals surface area contributed by atoms with Crippen LogP contribution in [-0.4, -0.2) is 15.9 Å². The summed E-state index contributed by atoms with van der Waals surface area (Å²) in [6, 6.07) is 12.8. The molecule has 0 aliphatic carbocycles. The van der Waals surface area contributed by atoms with Gasteiger partial charge in [0.2, 0.25) is 5.91 Å². The minimum Gasteiger partial charge on any atom is -0.398 e. The van der Waals surface area contributed by atoms with Crippen molar-refractivity contribution in [1.29, 1.82) is 0 Å². The molecule has 5 heteroatoms. The summed E-state index contributed by atoms with van der Waals surface area (Å²) in [5, 5.41) is 2.77. The number of hydrogen-bond acceptors (Lipinski definition) is 3. The Labute approximate surface area is 126 Å². The van der Waals surface area contributed by atoms with Gasteiger partial charge in [0.1, 0.15) is 5.75 Å². The molecule has 110 valence electrons. The van der Waals surface area contributed by atoms with E-state index in [1.807, 2.05) is 44.2 Å². The van der Waals surface area contributed by atoms with Gasteiger partial charge >= 0.3 is 0 Å². The van der Waals surface area contributed by atoms with Crippen LogP contribution in [0.15, 0.2) is 47.4 Å². The number of nitrogen functional groups attached to an aromatic ring is 1. The van der Waals surface area contributed by atoms with Crippen LogP contribution in [0.3, 0.4) is 0 Å². The summed E-state index contributed by atoms with van der Waals surface area (Å²) >= 11 is 0. The molecular formula is C16H18N2O2S. The van der Waals surface area contributed by atoms with E-state index in [1.54, 1.807) is 12.1 Å². The molecule has 1 unspecified atom stereocenters. The first kappa shape index (κ1) is 15.3. The van der Waals surface area contributed by atoms with Crippen LogP contribution in [-0.2, 0) is 15.6 Å². The maximum atomic E-state index is 12.2. The van der Waals surface area contributed by atoms with E-state index in [2.05, 4.69) is 5.32 Å². The molecule has 1 atom stereocenters. The molecule has 0 saturated carbocycles. The maximum absolute atomic E-state index is 12.2. The number of nitrogens with two attached hydrogens (primary N) is 1. The van der Waals surface area contributed by atoms with Gasteiger partial charge in [0.15, 0.2) is 0 Å². The van der Waals surface area contributed by atoms with Crippen molar-refractivity contribution >= 4 is 28.1 Å². The second kappa shape index (κ2) is 6.54. The number of hydrogen-bond donors (Lipinski definition) is 2. The molecule has 1 amide bonds. The predicted molar refractivity (Wildman–Crippen MR) is 86.7 cm³/mol. The standard InChI is InChI=1S/C16H18N2O2S/c1-11-7-8-15(13(17)9-11)21(20)10-16(19)18-14-6-4-3-5-12(14)2/h3-9H,10,17H2,1-2H3,(H,18,19). The number of anilines is 2. The van der Waals surface area contributed by atoms with Crippen molar-refractivity contribution in [3.05, 3.63) is 53.6 Å². The van der Waals surface area contributed by atoms with Crippen LogP contribution in [0.1, 0.15) is 11.1 Å². The van der Waals surface area contributed by atoms with Gasteiger partial charge in [0.25, 0.3) is 0 Å². The van der Waals surface area contributed by atoms with Gasteiger partial charge in [0, 0.05) is 11.4 Å². The first-order valence-electron chi connectivity index (χ1n) is 6.57. The molecule has 0 bridgehead atoms. The SMILES string of the molecule is Cc1ccc(S(=O)CC(=O)Nc2ccccc2C)c(N)c1. The van der Waals surface area contributed by atoms with Crippen LogP contribution < -0.4 is 11.1 Å². The largest absolute Gasteiger partial charge is 0.398 e. The molecule has 0 heterocycles. The second-order valence-corrected chi connectivity index (χ2v) is 6.31. The highest BCUT2D eigenvalue weighted by molar-refractivity contribution is 7.86. The average molecular weight is 302 g/mol. The average Bonchev–Trinajstić information content (AvgIpc) is 2.41. The zero-order valence-electron chi connectivity index (χ0n) is 12.1. The number of para-hydroxylation sites is 1. The van der Waals surface area contributed by atoms with Gasteiger partial charge in [-0.2, -0.15) is 0 Å². The fraction of sp³-hybridized carbons (Fsp3) is 0.188. The van der Waals surface area contributed by atoms with Crippen molar-refractivity contribution in [2.75, 3.05) is 16.8 Å². The van der Waals surface area contributed by atoms with Crippen LogP contribution in [0.5, 0.6) is 0 Å². The van der Waals surface area contributed by atoms with Crippen LogP contribution in [0, 0.1) is 13.8 Å². The third kappa shape index (κ3) is 3.92. The van der Waals surface area contributed by atoms with Gasteiger partial charge in [-0.1, -0.05) is 24.3 Å². The summed E-state index contributed by atoms with van der Waals surface area (Å²) < 4.78 is 12.2. The highest BCUT2D eigenvalue weighted by atomic mass is 32.2. The van der Waals surface area contributed by atoms with Gasteiger partial charge < -0.3 is 11.1 Å². The van der Waals surface area contributed by atoms with Crippen molar-refractivity contribution < 1.29 is 9.00 Å². The normalized spacial score (nSPS) is 11.9. The monoisotopic (exact) mass is 302 g/mol. The maximum Gasteiger partial charge on any atom is 0.237 e. The summed E-state index contributed by atoms with van der Waals surface area (Å²) in [5.41, 5.74) is 9.00. The minimum atomic E-state index is -1.45. The Balaban J connectivity index is 2.06. The first-order valence-corrected chi connectivity index (χ1v) is 7.89. The van der Waals surface area contributed by atoms with Crippen molar-refractivity contribution in [3.63, 3.8) is 0 Å². The fourth-order valence-electron chi connectivity index (χ4n) is 1.97. The number of aryl methyl sites for hydroxylation is 2. The van der Waals surface area contributed by atoms with Crippen molar-refractivity contribution in [2.45, 2.75) is 18.7 Å². The molecule has 0 spiro atoms. The highest BCUT2D eigenvalue weighted by Crippen LogP contribution is 2.19. The Bertz CT molecular complexity index is 698. The molecule has 2 aromatic carbocycles. The van der Waals surface area contributed by atoms with Crippen LogP contribution in [0.2, 0.25) is 0 Å². The van der Waals surface area contributed by atoms with E-state index in [1.165, 1.54) is 0 Å². The number of carbonyl (C=O) groups is 1. The van der Waals surface area contributed by atoms with E-state index < -0.39 is 10.8 Å². The molecule has 2 rings (SSSR count). The third-order valence-corrected chi connectivity index (χ3v) is 4.48. The number of nitrogens with one attached hydrogen (secondary N) is 1. The lowest BCUT2D eigenvalue weighted by Crippen LogP contribution is -2.20. The van der Waals surface area contributed by atoms with Gasteiger partial charge in [-0.05, 0) is 43.2 Å². The molecular weight excluding hydrogens is 284 g/mol. The smallest absolute Gasteiger partial charge is 0.237 e. The van der Waals surface area contributed by atoms with Gasteiger partial charge in [0.05, 0.1) is 15.7 Å². The Morgan fingerprint density at radius 1 is 1.19 bits per heavy atom. The minimum absolute atomic E-state index is 0.110. The van der Waals surface area contributed by atoms with Crippen LogP contribution in [0.25, 0.3) is 0 Å². The van der Waals surface area contributed by atoms with Crippen molar-refractivity contribution in [2.24, 2.45) is 0 Å². The quantitative estimate of drug-likeness (QED) is 0.853. The Hall–Kier alpha value is -2.14. The molecule has 21 heavy (non-hydrogen) atoms. The topological polar surface area (TPSA) is 72.2 Å². The molecule has 0 aliphatic heterocycles. The lowest BCUT2D eigenvalue weighted by Gasteiger charge is -2.09. The summed E-state index contributed by atoms with van der Waals surface area (Å²) in [5.74, 6) is -0.399. The number of carbonyl (C=O) groups excluding carboxylic acids is 1. The number of amides is 1. The molecule has 0 radical (unpaired) electrons. The molecule has 0 aromatic heterocycles. The summed E-state index contributed by atoms with van der Waals surface area (Å²) in [7, 11) is -1.45. The second-order valence-electron chi connectivity index (χ2n) is 4.89. The summed E-state index contributed by atoms with van der Waals surface area (Å²) in [6.07, 6.45) is 0. The van der Waals surface area contributed by atoms with Crippen molar-refractivity contribution in [1.82, 2.24) is 0 Å². The highest BCUT2D eigenvalue weighted by Gasteiger charge is 2.13. The fourth-order valence-corrected chi connectivity index (χ4v) is 2.98. The van der Waals surface area contributed by atoms with E-state index in [0.717, 1.165) is 16.8 Å². The lowest BCUT2D eigenvalue weighted by atomic mass is 10.2. The lowest BCUT2D eigenvalue weighted by molar-refractivity contribution is -0.113. The number of rotatable bonds is 4. The summed E-state index contributed by atoms with van der Waals surface area (Å²) in [6.45, 7) is 3.82. The van der Waals surface area contributed by atoms with Crippen molar-refractivity contribution in [3.8, 4) is 0 Å². The van der Waals surface area contributed by atoms with E-state index >= 15 is 0 Å². The van der Waals surface area contributed by atoms with Crippen LogP contribution in [0.4, 0.5) is 11.4 Å². The zero-order valence-corrected chi connectivity index (χ0v) is 12.9. The van der Waals surface area contributed by atoms with E-state index in [-0.39, 0.29) is 11.7 Å². The molecule has 2 aromatic rings. The molecule has 0 fully saturated rings. The first-order chi connectivity index (χ1) is 9.97. The molecule has 4 nitrogen and oxygen atoms in total. The Kier molecular flexibility index (Phi) is 4.75. The zero-order chi connectivity index (χ0) is 15.4. The summed E-state index contributed by atoms with van der Waals surface area (Å²) in [4.78, 5) is 12.5. The number of benzene rings is 2. The van der Waals surface area contributed by atoms with Gasteiger partial charge in [-0.25, -0.2) is 0 Å². The molecule has 3 N–H and O–H groups in total. The predicted octanol–water partition coefficient (Wildman–Crippen LogP) is 2.63. The molecule has 0 saturated heterocycles. The van der Waals surface area contributed by atoms with E-state index in [9.17, 15) is 9.00 Å². The Morgan fingerprint density at radius 3 is 2.57 bits per heavy atom. The van der Waals surface area contributed by atoms with E-state index in [4.69, 9.17) is 5.73 Å². The molecule has 0 aliphatic rings. The van der Waals surface area contributed by atoms with Crippen LogP contribution >= 0.6 is 0 Å². The third-order valence-electron chi connectivity index (χ3n) is 3.09.